The third-order valence-corrected chi connectivity index (χ3v) is 2.48. The lowest BCUT2D eigenvalue weighted by atomic mass is 10.1. The van der Waals surface area contributed by atoms with Crippen LogP contribution in [0.4, 0.5) is 4.39 Å². The van der Waals surface area contributed by atoms with Crippen LogP contribution in [0.25, 0.3) is 11.3 Å². The molecule has 0 saturated heterocycles. The summed E-state index contributed by atoms with van der Waals surface area (Å²) >= 11 is 0. The molecule has 1 aromatic heterocycles. The molecule has 0 atom stereocenters. The molecule has 1 heterocycles. The van der Waals surface area contributed by atoms with Crippen molar-refractivity contribution in [1.29, 1.82) is 0 Å². The van der Waals surface area contributed by atoms with Crippen LogP contribution < -0.4 is 5.32 Å². The number of aliphatic hydroxyl groups is 1. The molecule has 3 N–H and O–H groups in total. The van der Waals surface area contributed by atoms with E-state index < -0.39 is 0 Å². The van der Waals surface area contributed by atoms with Gasteiger partial charge in [-0.05, 0) is 24.3 Å². The van der Waals surface area contributed by atoms with Crippen molar-refractivity contribution in [1.82, 2.24) is 0 Å². The summed E-state index contributed by atoms with van der Waals surface area (Å²) in [5, 5.41) is 10.6. The van der Waals surface area contributed by atoms with Crippen molar-refractivity contribution in [3.05, 3.63) is 48.0 Å². The molecule has 0 unspecified atom stereocenters. The number of halogens is 1. The third-order valence-electron chi connectivity index (χ3n) is 2.48. The number of nitrogens with two attached hydrogens (primary N) is 1. The Balaban J connectivity index is 2.10. The van der Waals surface area contributed by atoms with Gasteiger partial charge in [-0.1, -0.05) is 12.1 Å². The first-order valence-corrected chi connectivity index (χ1v) is 5.57. The molecule has 2 rings (SSSR count). The van der Waals surface area contributed by atoms with E-state index in [9.17, 15) is 4.39 Å². The Bertz CT molecular complexity index is 482. The van der Waals surface area contributed by atoms with E-state index in [0.717, 1.165) is 5.76 Å². The predicted octanol–water partition coefficient (Wildman–Crippen LogP) is 1.14. The summed E-state index contributed by atoms with van der Waals surface area (Å²) < 4.78 is 19.0. The van der Waals surface area contributed by atoms with Crippen LogP contribution in [-0.4, -0.2) is 18.3 Å². The van der Waals surface area contributed by atoms with Crippen LogP contribution in [0.2, 0.25) is 0 Å². The van der Waals surface area contributed by atoms with Gasteiger partial charge >= 0.3 is 0 Å². The van der Waals surface area contributed by atoms with Crippen molar-refractivity contribution in [3.63, 3.8) is 0 Å². The van der Waals surface area contributed by atoms with E-state index in [2.05, 4.69) is 0 Å². The number of furan rings is 1. The van der Waals surface area contributed by atoms with Crippen LogP contribution in [-0.2, 0) is 6.54 Å². The summed E-state index contributed by atoms with van der Waals surface area (Å²) in [6, 6.07) is 10.1. The highest BCUT2D eigenvalue weighted by Crippen LogP contribution is 2.24. The standard InChI is InChI=1S/C13H14FNO2/c14-12-4-2-1-3-11(12)13-6-5-10(17-13)9-15-7-8-16/h1-6,15-16H,7-9H2/p+1. The topological polar surface area (TPSA) is 50.0 Å². The molecule has 1 aromatic carbocycles. The molecule has 3 nitrogen and oxygen atoms in total. The zero-order valence-corrected chi connectivity index (χ0v) is 9.40. The summed E-state index contributed by atoms with van der Waals surface area (Å²) in [5.74, 6) is 1.03. The molecule has 0 bridgehead atoms. The quantitative estimate of drug-likeness (QED) is 0.765. The van der Waals surface area contributed by atoms with E-state index in [0.29, 0.717) is 24.4 Å². The SMILES string of the molecule is OCC[NH2+]Cc1ccc(-c2ccccc2F)o1. The maximum atomic E-state index is 13.5. The number of rotatable bonds is 5. The Morgan fingerprint density at radius 2 is 2.00 bits per heavy atom. The molecule has 2 aromatic rings. The first-order valence-electron chi connectivity index (χ1n) is 5.57. The minimum absolute atomic E-state index is 0.140. The van der Waals surface area contributed by atoms with Crippen LogP contribution >= 0.6 is 0 Å². The van der Waals surface area contributed by atoms with Gasteiger partial charge in [-0.3, -0.25) is 0 Å². The highest BCUT2D eigenvalue weighted by Gasteiger charge is 2.09. The maximum Gasteiger partial charge on any atom is 0.158 e. The fourth-order valence-electron chi connectivity index (χ4n) is 1.63. The van der Waals surface area contributed by atoms with Crippen LogP contribution in [0.3, 0.4) is 0 Å². The molecule has 17 heavy (non-hydrogen) atoms. The molecular weight excluding hydrogens is 221 g/mol. The fraction of sp³-hybridized carbons (Fsp3) is 0.231. The second kappa shape index (κ2) is 5.61. The van der Waals surface area contributed by atoms with Gasteiger partial charge in [0.05, 0.1) is 18.7 Å². The van der Waals surface area contributed by atoms with Gasteiger partial charge in [-0.15, -0.1) is 0 Å². The van der Waals surface area contributed by atoms with Gasteiger partial charge in [-0.2, -0.15) is 0 Å². The van der Waals surface area contributed by atoms with Gasteiger partial charge < -0.3 is 14.8 Å². The van der Waals surface area contributed by atoms with Crippen LogP contribution in [0.5, 0.6) is 0 Å². The molecule has 0 radical (unpaired) electrons. The highest BCUT2D eigenvalue weighted by atomic mass is 19.1. The van der Waals surface area contributed by atoms with Crippen molar-refractivity contribution in [2.75, 3.05) is 13.2 Å². The Morgan fingerprint density at radius 3 is 2.76 bits per heavy atom. The number of aliphatic hydroxyl groups excluding tert-OH is 1. The Kier molecular flexibility index (Phi) is 3.90. The molecule has 0 amide bonds. The highest BCUT2D eigenvalue weighted by molar-refractivity contribution is 5.58. The summed E-state index contributed by atoms with van der Waals surface area (Å²) in [4.78, 5) is 0. The zero-order valence-electron chi connectivity index (χ0n) is 9.40. The molecular formula is C13H15FNO2+. The van der Waals surface area contributed by atoms with Gasteiger partial charge in [0.1, 0.15) is 18.1 Å². The van der Waals surface area contributed by atoms with E-state index in [1.807, 2.05) is 11.4 Å². The molecule has 0 fully saturated rings. The van der Waals surface area contributed by atoms with Gasteiger partial charge in [0.2, 0.25) is 0 Å². The van der Waals surface area contributed by atoms with Gasteiger partial charge in [0, 0.05) is 0 Å². The summed E-state index contributed by atoms with van der Waals surface area (Å²) in [5.41, 5.74) is 0.473. The van der Waals surface area contributed by atoms with Crippen LogP contribution in [0.15, 0.2) is 40.8 Å². The molecule has 0 aliphatic carbocycles. The number of benzene rings is 1. The first-order chi connectivity index (χ1) is 8.31. The molecule has 0 saturated carbocycles. The van der Waals surface area contributed by atoms with Crippen molar-refractivity contribution < 1.29 is 19.2 Å². The van der Waals surface area contributed by atoms with Gasteiger partial charge in [-0.25, -0.2) is 4.39 Å². The minimum atomic E-state index is -0.285. The monoisotopic (exact) mass is 236 g/mol. The van der Waals surface area contributed by atoms with E-state index >= 15 is 0 Å². The minimum Gasteiger partial charge on any atom is -0.455 e. The van der Waals surface area contributed by atoms with Crippen molar-refractivity contribution in [3.8, 4) is 11.3 Å². The molecule has 4 heteroatoms. The van der Waals surface area contributed by atoms with E-state index in [4.69, 9.17) is 9.52 Å². The first kappa shape index (κ1) is 11.8. The summed E-state index contributed by atoms with van der Waals surface area (Å²) in [7, 11) is 0. The lowest BCUT2D eigenvalue weighted by molar-refractivity contribution is -0.673. The van der Waals surface area contributed by atoms with Crippen molar-refractivity contribution in [2.45, 2.75) is 6.54 Å². The van der Waals surface area contributed by atoms with Crippen molar-refractivity contribution in [2.24, 2.45) is 0 Å². The largest absolute Gasteiger partial charge is 0.455 e. The molecule has 90 valence electrons. The van der Waals surface area contributed by atoms with E-state index in [1.54, 1.807) is 24.3 Å². The Morgan fingerprint density at radius 1 is 1.18 bits per heavy atom. The average molecular weight is 236 g/mol. The second-order valence-electron chi connectivity index (χ2n) is 3.75. The average Bonchev–Trinajstić information content (AvgIpc) is 2.79. The van der Waals surface area contributed by atoms with Crippen molar-refractivity contribution >= 4 is 0 Å². The van der Waals surface area contributed by atoms with Gasteiger partial charge in [0.25, 0.3) is 0 Å². The smallest absolute Gasteiger partial charge is 0.158 e. The molecule has 0 aliphatic rings. The number of hydrogen-bond acceptors (Lipinski definition) is 2. The van der Waals surface area contributed by atoms with E-state index in [1.165, 1.54) is 6.07 Å². The molecule has 0 aliphatic heterocycles. The maximum absolute atomic E-state index is 13.5. The Labute approximate surface area is 98.9 Å². The van der Waals surface area contributed by atoms with E-state index in [-0.39, 0.29) is 12.4 Å². The normalized spacial score (nSPS) is 10.7. The Hall–Kier alpha value is -1.65. The zero-order chi connectivity index (χ0) is 12.1. The lowest BCUT2D eigenvalue weighted by Crippen LogP contribution is -2.83. The summed E-state index contributed by atoms with van der Waals surface area (Å²) in [6.45, 7) is 1.42. The van der Waals surface area contributed by atoms with Crippen LogP contribution in [0, 0.1) is 5.82 Å². The number of hydrogen-bond donors (Lipinski definition) is 2. The second-order valence-corrected chi connectivity index (χ2v) is 3.75. The third kappa shape index (κ3) is 2.93. The predicted molar refractivity (Wildman–Crippen MR) is 61.7 cm³/mol. The van der Waals surface area contributed by atoms with Crippen LogP contribution in [0.1, 0.15) is 5.76 Å². The van der Waals surface area contributed by atoms with Gasteiger partial charge in [0.15, 0.2) is 5.76 Å². The lowest BCUT2D eigenvalue weighted by Gasteiger charge is -1.99. The molecule has 0 spiro atoms. The summed E-state index contributed by atoms with van der Waals surface area (Å²) in [6.07, 6.45) is 0. The fourth-order valence-corrected chi connectivity index (χ4v) is 1.63. The number of quaternary nitrogens is 1.